The molecule has 0 fully saturated rings. The molecule has 1 heterocycles. The highest BCUT2D eigenvalue weighted by Crippen LogP contribution is 2.28. The molecule has 3 rings (SSSR count). The molecule has 0 aliphatic carbocycles. The smallest absolute Gasteiger partial charge is 0.269 e. The van der Waals surface area contributed by atoms with Crippen LogP contribution in [-0.2, 0) is 4.79 Å². The fourth-order valence-electron chi connectivity index (χ4n) is 3.13. The quantitative estimate of drug-likeness (QED) is 0.212. The predicted octanol–water partition coefficient (Wildman–Crippen LogP) is 4.10. The van der Waals surface area contributed by atoms with Gasteiger partial charge >= 0.3 is 0 Å². The van der Waals surface area contributed by atoms with Gasteiger partial charge in [0.05, 0.1) is 30.0 Å². The molecular weight excluding hydrogens is 428 g/mol. The minimum atomic E-state index is -0.476. The maximum Gasteiger partial charge on any atom is 0.269 e. The molecule has 10 heteroatoms. The number of nitrogens with one attached hydrogen (secondary N) is 1. The Morgan fingerprint density at radius 3 is 2.48 bits per heavy atom. The van der Waals surface area contributed by atoms with Crippen molar-refractivity contribution < 1.29 is 24.0 Å². The van der Waals surface area contributed by atoms with Crippen molar-refractivity contribution in [2.45, 2.75) is 26.7 Å². The van der Waals surface area contributed by atoms with E-state index in [1.165, 1.54) is 30.8 Å². The molecule has 0 atom stereocenters. The second-order valence-corrected chi connectivity index (χ2v) is 7.28. The number of ketones is 1. The molecule has 0 aliphatic heterocycles. The number of ether oxygens (including phenoxy) is 2. The number of carbonyl (C=O) groups excluding carboxylic acids is 2. The standard InChI is InChI=1S/C23H24N4O6/c1-15-13-22(26(25-15)18-7-9-19(10-8-18)27(30)31)24-23(29)5-4-12-33-20-11-6-17(16(2)28)14-21(20)32-3/h6-11,13-14H,4-5,12H2,1-3H3,(H,24,29). The normalized spacial score (nSPS) is 10.5. The number of benzene rings is 2. The van der Waals surface area contributed by atoms with E-state index in [4.69, 9.17) is 9.47 Å². The van der Waals surface area contributed by atoms with E-state index in [0.29, 0.717) is 40.7 Å². The fourth-order valence-corrected chi connectivity index (χ4v) is 3.13. The summed E-state index contributed by atoms with van der Waals surface area (Å²) >= 11 is 0. The van der Waals surface area contributed by atoms with Crippen LogP contribution in [0, 0.1) is 17.0 Å². The van der Waals surface area contributed by atoms with Crippen molar-refractivity contribution in [1.82, 2.24) is 9.78 Å². The van der Waals surface area contributed by atoms with Gasteiger partial charge in [-0.1, -0.05) is 0 Å². The molecule has 0 aliphatic rings. The van der Waals surface area contributed by atoms with Crippen LogP contribution < -0.4 is 14.8 Å². The van der Waals surface area contributed by atoms with Crippen LogP contribution in [0.3, 0.4) is 0 Å². The largest absolute Gasteiger partial charge is 0.493 e. The van der Waals surface area contributed by atoms with Crippen LogP contribution in [0.15, 0.2) is 48.5 Å². The summed E-state index contributed by atoms with van der Waals surface area (Å²) in [6.45, 7) is 3.54. The molecule has 0 radical (unpaired) electrons. The zero-order chi connectivity index (χ0) is 24.0. The lowest BCUT2D eigenvalue weighted by Gasteiger charge is -2.12. The first-order valence-corrected chi connectivity index (χ1v) is 10.2. The number of nitro groups is 1. The number of methoxy groups -OCH3 is 1. The van der Waals surface area contributed by atoms with E-state index >= 15 is 0 Å². The minimum absolute atomic E-state index is 0.0271. The van der Waals surface area contributed by atoms with Gasteiger partial charge in [0.1, 0.15) is 5.82 Å². The Hall–Kier alpha value is -4.21. The molecule has 1 amide bonds. The van der Waals surface area contributed by atoms with Crippen LogP contribution in [0.5, 0.6) is 11.5 Å². The monoisotopic (exact) mass is 452 g/mol. The Bertz CT molecular complexity index is 1170. The number of aromatic nitrogens is 2. The lowest BCUT2D eigenvalue weighted by Crippen LogP contribution is -2.15. The van der Waals surface area contributed by atoms with Crippen molar-refractivity contribution >= 4 is 23.2 Å². The summed E-state index contributed by atoms with van der Waals surface area (Å²) in [5, 5.41) is 18.0. The lowest BCUT2D eigenvalue weighted by molar-refractivity contribution is -0.384. The van der Waals surface area contributed by atoms with Gasteiger partial charge in [-0.15, -0.1) is 0 Å². The molecular formula is C23H24N4O6. The molecule has 10 nitrogen and oxygen atoms in total. The molecule has 0 bridgehead atoms. The van der Waals surface area contributed by atoms with Gasteiger partial charge in [-0.05, 0) is 50.6 Å². The summed E-state index contributed by atoms with van der Waals surface area (Å²) in [5.74, 6) is 1.12. The van der Waals surface area contributed by atoms with Crippen molar-refractivity contribution in [3.63, 3.8) is 0 Å². The van der Waals surface area contributed by atoms with Crippen LogP contribution in [0.25, 0.3) is 5.69 Å². The number of anilines is 1. The van der Waals surface area contributed by atoms with Gasteiger partial charge in [0.15, 0.2) is 17.3 Å². The zero-order valence-electron chi connectivity index (χ0n) is 18.5. The van der Waals surface area contributed by atoms with E-state index in [1.807, 2.05) is 0 Å². The SMILES string of the molecule is COc1cc(C(C)=O)ccc1OCCCC(=O)Nc1cc(C)nn1-c1ccc([N+](=O)[O-])cc1. The number of non-ortho nitro benzene ring substituents is 1. The number of hydrogen-bond donors (Lipinski definition) is 1. The van der Waals surface area contributed by atoms with Gasteiger partial charge in [-0.3, -0.25) is 19.7 Å². The molecule has 1 N–H and O–H groups in total. The van der Waals surface area contributed by atoms with E-state index in [2.05, 4.69) is 10.4 Å². The summed E-state index contributed by atoms with van der Waals surface area (Å²) in [4.78, 5) is 34.3. The highest BCUT2D eigenvalue weighted by molar-refractivity contribution is 5.94. The van der Waals surface area contributed by atoms with Crippen LogP contribution in [0.2, 0.25) is 0 Å². The number of nitro benzene ring substituents is 1. The van der Waals surface area contributed by atoms with E-state index in [0.717, 1.165) is 0 Å². The lowest BCUT2D eigenvalue weighted by atomic mass is 10.1. The Balaban J connectivity index is 1.57. The van der Waals surface area contributed by atoms with Crippen LogP contribution >= 0.6 is 0 Å². The van der Waals surface area contributed by atoms with Gasteiger partial charge in [0.2, 0.25) is 5.91 Å². The van der Waals surface area contributed by atoms with E-state index < -0.39 is 4.92 Å². The summed E-state index contributed by atoms with van der Waals surface area (Å²) in [6, 6.07) is 12.6. The average Bonchev–Trinajstić information content (AvgIpc) is 3.16. The number of rotatable bonds is 10. The van der Waals surface area contributed by atoms with Crippen molar-refractivity contribution in [3.8, 4) is 17.2 Å². The molecule has 0 saturated heterocycles. The predicted molar refractivity (Wildman–Crippen MR) is 121 cm³/mol. The third kappa shape index (κ3) is 5.94. The zero-order valence-corrected chi connectivity index (χ0v) is 18.5. The summed E-state index contributed by atoms with van der Waals surface area (Å²) in [7, 11) is 1.50. The maximum atomic E-state index is 12.4. The molecule has 33 heavy (non-hydrogen) atoms. The number of hydrogen-bond acceptors (Lipinski definition) is 7. The second kappa shape index (κ2) is 10.4. The molecule has 0 saturated carbocycles. The van der Waals surface area contributed by atoms with Crippen molar-refractivity contribution in [2.24, 2.45) is 0 Å². The molecule has 172 valence electrons. The summed E-state index contributed by atoms with van der Waals surface area (Å²) in [5.41, 5.74) is 1.78. The first-order valence-electron chi connectivity index (χ1n) is 10.2. The summed E-state index contributed by atoms with van der Waals surface area (Å²) < 4.78 is 12.5. The Morgan fingerprint density at radius 2 is 1.85 bits per heavy atom. The van der Waals surface area contributed by atoms with Crippen LogP contribution in [0.1, 0.15) is 35.8 Å². The number of carbonyl (C=O) groups is 2. The number of nitrogens with zero attached hydrogens (tertiary/aromatic N) is 3. The highest BCUT2D eigenvalue weighted by Gasteiger charge is 2.13. The molecule has 1 aromatic heterocycles. The first-order chi connectivity index (χ1) is 15.8. The topological polar surface area (TPSA) is 126 Å². The molecule has 0 spiro atoms. The Labute approximate surface area is 190 Å². The van der Waals surface area contributed by atoms with Crippen LogP contribution in [-0.4, -0.2) is 40.1 Å². The first kappa shape index (κ1) is 23.5. The van der Waals surface area contributed by atoms with Crippen molar-refractivity contribution in [1.29, 1.82) is 0 Å². The van der Waals surface area contributed by atoms with Crippen molar-refractivity contribution in [3.05, 3.63) is 69.9 Å². The molecule has 3 aromatic rings. The van der Waals surface area contributed by atoms with Gasteiger partial charge in [0, 0.05) is 30.2 Å². The molecule has 2 aromatic carbocycles. The van der Waals surface area contributed by atoms with Gasteiger partial charge in [0.25, 0.3) is 5.69 Å². The molecule has 0 unspecified atom stereocenters. The van der Waals surface area contributed by atoms with E-state index in [1.54, 1.807) is 43.3 Å². The van der Waals surface area contributed by atoms with Crippen molar-refractivity contribution in [2.75, 3.05) is 19.0 Å². The number of Topliss-reactive ketones (excluding diaryl/α,β-unsaturated/α-hetero) is 1. The average molecular weight is 452 g/mol. The van der Waals surface area contributed by atoms with E-state index in [9.17, 15) is 19.7 Å². The second-order valence-electron chi connectivity index (χ2n) is 7.28. The third-order valence-electron chi connectivity index (χ3n) is 4.78. The Kier molecular flexibility index (Phi) is 7.39. The highest BCUT2D eigenvalue weighted by atomic mass is 16.6. The van der Waals surface area contributed by atoms with Crippen LogP contribution in [0.4, 0.5) is 11.5 Å². The van der Waals surface area contributed by atoms with Gasteiger partial charge in [-0.2, -0.15) is 5.10 Å². The van der Waals surface area contributed by atoms with E-state index in [-0.39, 0.29) is 30.4 Å². The number of aryl methyl sites for hydroxylation is 1. The third-order valence-corrected chi connectivity index (χ3v) is 4.78. The van der Waals surface area contributed by atoms with Gasteiger partial charge in [-0.25, -0.2) is 4.68 Å². The minimum Gasteiger partial charge on any atom is -0.493 e. The van der Waals surface area contributed by atoms with Gasteiger partial charge < -0.3 is 14.8 Å². The number of amides is 1. The fraction of sp³-hybridized carbons (Fsp3) is 0.261. The maximum absolute atomic E-state index is 12.4. The Morgan fingerprint density at radius 1 is 1.12 bits per heavy atom. The summed E-state index contributed by atoms with van der Waals surface area (Å²) in [6.07, 6.45) is 0.659.